The highest BCUT2D eigenvalue weighted by molar-refractivity contribution is 7.89. The van der Waals surface area contributed by atoms with Crippen molar-refractivity contribution in [1.29, 1.82) is 0 Å². The van der Waals surface area contributed by atoms with Gasteiger partial charge in [-0.2, -0.15) is 0 Å². The van der Waals surface area contributed by atoms with E-state index in [-0.39, 0.29) is 11.3 Å². The Balaban J connectivity index is 3.08. The molecule has 1 rings (SSSR count). The van der Waals surface area contributed by atoms with Gasteiger partial charge in [-0.25, -0.2) is 8.42 Å². The van der Waals surface area contributed by atoms with Crippen LogP contribution < -0.4 is 5.56 Å². The van der Waals surface area contributed by atoms with Crippen molar-refractivity contribution < 1.29 is 8.42 Å². The molecule has 4 nitrogen and oxygen atoms in total. The van der Waals surface area contributed by atoms with Crippen molar-refractivity contribution in [2.75, 3.05) is 6.26 Å². The Hall–Kier alpha value is -1.10. The number of pyridine rings is 1. The maximum Gasteiger partial charge on any atom is 0.250 e. The summed E-state index contributed by atoms with van der Waals surface area (Å²) in [4.78, 5) is 11.2. The monoisotopic (exact) mass is 215 g/mol. The number of sulfone groups is 1. The molecule has 0 radical (unpaired) electrons. The molecule has 0 fully saturated rings. The molecular formula is C9H13NO3S. The van der Waals surface area contributed by atoms with E-state index in [9.17, 15) is 13.2 Å². The van der Waals surface area contributed by atoms with E-state index < -0.39 is 9.84 Å². The summed E-state index contributed by atoms with van der Waals surface area (Å²) in [7, 11) is -3.03. The van der Waals surface area contributed by atoms with Crippen molar-refractivity contribution in [2.45, 2.75) is 19.2 Å². The van der Waals surface area contributed by atoms with E-state index in [4.69, 9.17) is 0 Å². The average molecular weight is 215 g/mol. The van der Waals surface area contributed by atoms with E-state index in [1.54, 1.807) is 12.3 Å². The molecule has 78 valence electrons. The number of nitrogens with zero attached hydrogens (tertiary/aromatic N) is 1. The molecule has 1 aromatic rings. The number of aryl methyl sites for hydroxylation is 1. The predicted octanol–water partition coefficient (Wildman–Crippen LogP) is 0.413. The molecule has 0 aromatic carbocycles. The summed E-state index contributed by atoms with van der Waals surface area (Å²) in [5.74, 6) is -0.0206. The van der Waals surface area contributed by atoms with E-state index in [0.29, 0.717) is 12.1 Å². The quantitative estimate of drug-likeness (QED) is 0.734. The van der Waals surface area contributed by atoms with Crippen LogP contribution in [-0.2, 0) is 22.1 Å². The molecule has 0 aliphatic heterocycles. The Morgan fingerprint density at radius 2 is 2.00 bits per heavy atom. The third-order valence-electron chi connectivity index (χ3n) is 1.81. The second-order valence-corrected chi connectivity index (χ2v) is 5.37. The maximum absolute atomic E-state index is 11.2. The zero-order chi connectivity index (χ0) is 10.8. The third kappa shape index (κ3) is 2.99. The molecule has 1 heterocycles. The Morgan fingerprint density at radius 1 is 1.36 bits per heavy atom. The lowest BCUT2D eigenvalue weighted by Crippen LogP contribution is -2.18. The van der Waals surface area contributed by atoms with Crippen molar-refractivity contribution in [3.8, 4) is 0 Å². The van der Waals surface area contributed by atoms with Gasteiger partial charge in [0, 0.05) is 25.1 Å². The average Bonchev–Trinajstić information content (AvgIpc) is 2.06. The predicted molar refractivity (Wildman–Crippen MR) is 54.9 cm³/mol. The van der Waals surface area contributed by atoms with Crippen LogP contribution in [-0.4, -0.2) is 19.2 Å². The molecule has 0 bridgehead atoms. The summed E-state index contributed by atoms with van der Waals surface area (Å²) in [5.41, 5.74) is 0.540. The highest BCUT2D eigenvalue weighted by atomic mass is 32.2. The van der Waals surface area contributed by atoms with E-state index in [1.807, 2.05) is 6.92 Å². The third-order valence-corrected chi connectivity index (χ3v) is 2.67. The molecule has 14 heavy (non-hydrogen) atoms. The van der Waals surface area contributed by atoms with Crippen LogP contribution in [0.25, 0.3) is 0 Å². The highest BCUT2D eigenvalue weighted by Gasteiger charge is 2.05. The molecule has 0 spiro atoms. The topological polar surface area (TPSA) is 56.1 Å². The maximum atomic E-state index is 11.2. The van der Waals surface area contributed by atoms with E-state index in [2.05, 4.69) is 0 Å². The molecule has 0 saturated carbocycles. The van der Waals surface area contributed by atoms with Gasteiger partial charge >= 0.3 is 0 Å². The van der Waals surface area contributed by atoms with Crippen LogP contribution in [0.3, 0.4) is 0 Å². The molecule has 0 aliphatic rings. The second kappa shape index (κ2) is 3.96. The molecule has 0 N–H and O–H groups in total. The first kappa shape index (κ1) is 11.0. The van der Waals surface area contributed by atoms with Crippen LogP contribution in [0.1, 0.15) is 12.5 Å². The van der Waals surface area contributed by atoms with E-state index >= 15 is 0 Å². The van der Waals surface area contributed by atoms with Gasteiger partial charge in [0.2, 0.25) is 0 Å². The fourth-order valence-corrected chi connectivity index (χ4v) is 1.99. The minimum absolute atomic E-state index is 0.0206. The number of rotatable bonds is 3. The highest BCUT2D eigenvalue weighted by Crippen LogP contribution is 2.01. The van der Waals surface area contributed by atoms with Crippen molar-refractivity contribution in [3.63, 3.8) is 0 Å². The Morgan fingerprint density at radius 3 is 2.50 bits per heavy atom. The van der Waals surface area contributed by atoms with Gasteiger partial charge in [0.05, 0.1) is 5.75 Å². The fourth-order valence-electron chi connectivity index (χ4n) is 1.22. The largest absolute Gasteiger partial charge is 0.316 e. The molecule has 0 unspecified atom stereocenters. The Bertz CT molecular complexity index is 473. The van der Waals surface area contributed by atoms with Gasteiger partial charge in [-0.15, -0.1) is 0 Å². The summed E-state index contributed by atoms with van der Waals surface area (Å²) in [6.45, 7) is 2.39. The summed E-state index contributed by atoms with van der Waals surface area (Å²) in [6.07, 6.45) is 2.76. The van der Waals surface area contributed by atoms with Crippen molar-refractivity contribution in [1.82, 2.24) is 4.57 Å². The Kier molecular flexibility index (Phi) is 3.10. The van der Waals surface area contributed by atoms with Gasteiger partial charge in [-0.05, 0) is 12.5 Å². The summed E-state index contributed by atoms with van der Waals surface area (Å²) in [6, 6.07) is 2.94. The number of aromatic nitrogens is 1. The van der Waals surface area contributed by atoms with Gasteiger partial charge < -0.3 is 4.57 Å². The van der Waals surface area contributed by atoms with Crippen molar-refractivity contribution in [2.24, 2.45) is 0 Å². The normalized spacial score (nSPS) is 11.6. The van der Waals surface area contributed by atoms with E-state index in [1.165, 1.54) is 16.9 Å². The number of hydrogen-bond acceptors (Lipinski definition) is 3. The standard InChI is InChI=1S/C9H13NO3S/c1-3-10-6-8(4-5-9(10)11)7-14(2,12)13/h4-6H,3,7H2,1-2H3. The zero-order valence-electron chi connectivity index (χ0n) is 8.23. The zero-order valence-corrected chi connectivity index (χ0v) is 9.04. The van der Waals surface area contributed by atoms with Crippen LogP contribution >= 0.6 is 0 Å². The van der Waals surface area contributed by atoms with Gasteiger partial charge in [0.15, 0.2) is 9.84 Å². The minimum atomic E-state index is -3.03. The van der Waals surface area contributed by atoms with Gasteiger partial charge in [0.1, 0.15) is 0 Å². The molecule has 0 atom stereocenters. The van der Waals surface area contributed by atoms with Crippen LogP contribution in [0.5, 0.6) is 0 Å². The van der Waals surface area contributed by atoms with Crippen LogP contribution in [0.2, 0.25) is 0 Å². The van der Waals surface area contributed by atoms with Gasteiger partial charge in [-0.3, -0.25) is 4.79 Å². The van der Waals surface area contributed by atoms with Crippen molar-refractivity contribution in [3.05, 3.63) is 34.2 Å². The Labute approximate surface area is 83.1 Å². The first-order valence-electron chi connectivity index (χ1n) is 4.29. The molecule has 1 aromatic heterocycles. The van der Waals surface area contributed by atoms with Crippen molar-refractivity contribution >= 4 is 9.84 Å². The number of hydrogen-bond donors (Lipinski definition) is 0. The minimum Gasteiger partial charge on any atom is -0.316 e. The van der Waals surface area contributed by atoms with Gasteiger partial charge in [-0.1, -0.05) is 6.07 Å². The van der Waals surface area contributed by atoms with E-state index in [0.717, 1.165) is 0 Å². The second-order valence-electron chi connectivity index (χ2n) is 3.23. The van der Waals surface area contributed by atoms with Crippen LogP contribution in [0, 0.1) is 0 Å². The smallest absolute Gasteiger partial charge is 0.250 e. The summed E-state index contributed by atoms with van der Waals surface area (Å²) in [5, 5.41) is 0. The van der Waals surface area contributed by atoms with Crippen LogP contribution in [0.15, 0.2) is 23.1 Å². The van der Waals surface area contributed by atoms with Crippen LogP contribution in [0.4, 0.5) is 0 Å². The fraction of sp³-hybridized carbons (Fsp3) is 0.444. The summed E-state index contributed by atoms with van der Waals surface area (Å²) >= 11 is 0. The molecule has 0 saturated heterocycles. The first-order valence-corrected chi connectivity index (χ1v) is 6.35. The molecule has 5 heteroatoms. The molecular weight excluding hydrogens is 202 g/mol. The lowest BCUT2D eigenvalue weighted by atomic mass is 10.3. The lowest BCUT2D eigenvalue weighted by molar-refractivity contribution is 0.600. The van der Waals surface area contributed by atoms with Gasteiger partial charge in [0.25, 0.3) is 5.56 Å². The lowest BCUT2D eigenvalue weighted by Gasteiger charge is -2.04. The summed E-state index contributed by atoms with van der Waals surface area (Å²) < 4.78 is 23.5. The molecule has 0 aliphatic carbocycles. The first-order chi connectivity index (χ1) is 6.42. The molecule has 0 amide bonds. The SMILES string of the molecule is CCn1cc(CS(C)(=O)=O)ccc1=O.